The number of aliphatic hydroxyl groups is 5. The first-order valence-corrected chi connectivity index (χ1v) is 8.97. The van der Waals surface area contributed by atoms with E-state index in [1.165, 1.54) is 0 Å². The molecule has 2 aliphatic heterocycles. The molecule has 0 radical (unpaired) electrons. The Morgan fingerprint density at radius 1 is 0.926 bits per heavy atom. The molecular formula is C12H20O14S. The lowest BCUT2D eigenvalue weighted by Crippen LogP contribution is -2.61. The van der Waals surface area contributed by atoms with Crippen molar-refractivity contribution >= 4 is 16.4 Å². The molecule has 0 aromatic heterocycles. The second kappa shape index (κ2) is 8.58. The predicted octanol–water partition coefficient (Wildman–Crippen LogP) is -4.80. The number of hydrogen-bond donors (Lipinski definition) is 7. The average molecular weight is 420 g/mol. The average Bonchev–Trinajstić information content (AvgIpc) is 2.90. The van der Waals surface area contributed by atoms with Crippen LogP contribution in [-0.4, -0.2) is 118 Å². The predicted molar refractivity (Wildman–Crippen MR) is 78.4 cm³/mol. The summed E-state index contributed by atoms with van der Waals surface area (Å²) in [6, 6.07) is 0. The van der Waals surface area contributed by atoms with Gasteiger partial charge in [0.1, 0.15) is 42.7 Å². The fraction of sp³-hybridized carbons (Fsp3) is 0.917. The van der Waals surface area contributed by atoms with E-state index < -0.39 is 84.7 Å². The first kappa shape index (κ1) is 22.3. The van der Waals surface area contributed by atoms with E-state index >= 15 is 0 Å². The molecule has 0 bridgehead atoms. The molecule has 14 nitrogen and oxygen atoms in total. The van der Waals surface area contributed by atoms with Crippen LogP contribution in [0.1, 0.15) is 0 Å². The molecule has 0 aromatic rings. The minimum Gasteiger partial charge on any atom is -0.479 e. The van der Waals surface area contributed by atoms with Gasteiger partial charge in [0, 0.05) is 0 Å². The number of carbonyl (C=O) groups is 1. The summed E-state index contributed by atoms with van der Waals surface area (Å²) in [5.41, 5.74) is 0. The van der Waals surface area contributed by atoms with E-state index in [2.05, 4.69) is 4.18 Å². The van der Waals surface area contributed by atoms with Crippen LogP contribution >= 0.6 is 0 Å². The Morgan fingerprint density at radius 3 is 1.96 bits per heavy atom. The summed E-state index contributed by atoms with van der Waals surface area (Å²) in [4.78, 5) is 11.1. The quantitative estimate of drug-likeness (QED) is 0.192. The van der Waals surface area contributed by atoms with Crippen molar-refractivity contribution in [3.05, 3.63) is 0 Å². The molecule has 0 spiro atoms. The summed E-state index contributed by atoms with van der Waals surface area (Å²) in [5.74, 6) is -1.68. The topological polar surface area (TPSA) is 230 Å². The van der Waals surface area contributed by atoms with Gasteiger partial charge in [0.25, 0.3) is 0 Å². The second-order valence-corrected chi connectivity index (χ2v) is 6.95. The van der Waals surface area contributed by atoms with Crippen molar-refractivity contribution in [2.45, 2.75) is 55.1 Å². The molecule has 15 heteroatoms. The Balaban J connectivity index is 2.25. The summed E-state index contributed by atoms with van der Waals surface area (Å²) in [6.45, 7) is -1.58. The fourth-order valence-electron chi connectivity index (χ4n) is 2.84. The van der Waals surface area contributed by atoms with E-state index in [0.29, 0.717) is 0 Å². The van der Waals surface area contributed by atoms with E-state index in [0.717, 1.165) is 0 Å². The van der Waals surface area contributed by atoms with Gasteiger partial charge in [-0.1, -0.05) is 0 Å². The van der Waals surface area contributed by atoms with Crippen molar-refractivity contribution < 1.29 is 66.8 Å². The third-order valence-corrected chi connectivity index (χ3v) is 4.57. The number of ether oxygens (including phenoxy) is 3. The third kappa shape index (κ3) is 4.90. The van der Waals surface area contributed by atoms with Crippen LogP contribution in [0.4, 0.5) is 0 Å². The van der Waals surface area contributed by atoms with Gasteiger partial charge in [-0.15, -0.1) is 0 Å². The summed E-state index contributed by atoms with van der Waals surface area (Å²) < 4.78 is 50.6. The van der Waals surface area contributed by atoms with Crippen molar-refractivity contribution in [3.8, 4) is 0 Å². The van der Waals surface area contributed by atoms with Gasteiger partial charge in [-0.2, -0.15) is 8.42 Å². The van der Waals surface area contributed by atoms with Crippen LogP contribution in [0.5, 0.6) is 0 Å². The Morgan fingerprint density at radius 2 is 1.48 bits per heavy atom. The van der Waals surface area contributed by atoms with Gasteiger partial charge in [0.15, 0.2) is 12.4 Å². The summed E-state index contributed by atoms with van der Waals surface area (Å²) in [7, 11) is -5.05. The molecule has 0 unspecified atom stereocenters. The van der Waals surface area contributed by atoms with Gasteiger partial charge in [0.05, 0.1) is 13.2 Å². The van der Waals surface area contributed by atoms with Crippen molar-refractivity contribution in [1.82, 2.24) is 0 Å². The lowest BCUT2D eigenvalue weighted by Gasteiger charge is -2.40. The molecular weight excluding hydrogens is 400 g/mol. The minimum absolute atomic E-state index is 0.775. The monoisotopic (exact) mass is 420 g/mol. The van der Waals surface area contributed by atoms with E-state index in [4.69, 9.17) is 23.9 Å². The Bertz CT molecular complexity index is 624. The van der Waals surface area contributed by atoms with Crippen LogP contribution in [0.3, 0.4) is 0 Å². The van der Waals surface area contributed by atoms with Crippen LogP contribution < -0.4 is 0 Å². The number of aliphatic hydroxyl groups excluding tert-OH is 5. The smallest absolute Gasteiger partial charge is 0.397 e. The number of carboxylic acid groups (broad SMARTS) is 1. The number of rotatable bonds is 7. The number of carboxylic acids is 1. The zero-order valence-corrected chi connectivity index (χ0v) is 14.3. The standard InChI is InChI=1S/C12H20O14S/c13-1-3-8(9(4(2-14)23-3)26-27(20,21)22)24-12-7(17)5(15)6(16)10(25-12)11(18)19/h3-10,12-17H,1-2H2,(H,18,19)(H,20,21,22)/t3-,4+,5-,6-,7+,8+,9+,10+,12+/m0/s1. The highest BCUT2D eigenvalue weighted by molar-refractivity contribution is 7.80. The maximum absolute atomic E-state index is 11.1. The molecule has 2 heterocycles. The van der Waals surface area contributed by atoms with Crippen LogP contribution in [0.25, 0.3) is 0 Å². The lowest BCUT2D eigenvalue weighted by atomic mass is 9.98. The van der Waals surface area contributed by atoms with Gasteiger partial charge in [0.2, 0.25) is 0 Å². The largest absolute Gasteiger partial charge is 0.479 e. The third-order valence-electron chi connectivity index (χ3n) is 4.10. The molecule has 2 fully saturated rings. The van der Waals surface area contributed by atoms with Crippen LogP contribution in [0, 0.1) is 0 Å². The number of hydrogen-bond acceptors (Lipinski definition) is 12. The van der Waals surface area contributed by atoms with Crippen LogP contribution in [0.2, 0.25) is 0 Å². The highest BCUT2D eigenvalue weighted by Crippen LogP contribution is 2.31. The first-order valence-electron chi connectivity index (χ1n) is 7.61. The van der Waals surface area contributed by atoms with Crippen LogP contribution in [0.15, 0.2) is 0 Å². The zero-order chi connectivity index (χ0) is 20.5. The van der Waals surface area contributed by atoms with Gasteiger partial charge in [-0.25, -0.2) is 8.98 Å². The molecule has 2 saturated heterocycles. The second-order valence-electron chi connectivity index (χ2n) is 5.90. The van der Waals surface area contributed by atoms with E-state index in [-0.39, 0.29) is 0 Å². The Kier molecular flexibility index (Phi) is 7.09. The Labute approximate surface area is 152 Å². The Hall–Kier alpha value is -0.980. The molecule has 2 aliphatic rings. The maximum Gasteiger partial charge on any atom is 0.397 e. The van der Waals surface area contributed by atoms with Crippen molar-refractivity contribution in [1.29, 1.82) is 0 Å². The highest BCUT2D eigenvalue weighted by Gasteiger charge is 2.53. The van der Waals surface area contributed by atoms with Gasteiger partial charge in [-0.05, 0) is 0 Å². The molecule has 158 valence electrons. The first-order chi connectivity index (χ1) is 12.5. The molecule has 0 aromatic carbocycles. The van der Waals surface area contributed by atoms with Crippen LogP contribution in [-0.2, 0) is 33.6 Å². The molecule has 27 heavy (non-hydrogen) atoms. The fourth-order valence-corrected chi connectivity index (χ4v) is 3.35. The van der Waals surface area contributed by atoms with E-state index in [9.17, 15) is 38.7 Å². The maximum atomic E-state index is 11.1. The lowest BCUT2D eigenvalue weighted by molar-refractivity contribution is -0.310. The zero-order valence-electron chi connectivity index (χ0n) is 13.5. The highest BCUT2D eigenvalue weighted by atomic mass is 32.3. The van der Waals surface area contributed by atoms with Crippen molar-refractivity contribution in [2.75, 3.05) is 13.2 Å². The summed E-state index contributed by atoms with van der Waals surface area (Å²) in [6.07, 6.45) is -15.8. The van der Waals surface area contributed by atoms with Gasteiger partial charge >= 0.3 is 16.4 Å². The molecule has 0 amide bonds. The van der Waals surface area contributed by atoms with Gasteiger partial charge < -0.3 is 44.8 Å². The van der Waals surface area contributed by atoms with E-state index in [1.807, 2.05) is 0 Å². The molecule has 7 N–H and O–H groups in total. The van der Waals surface area contributed by atoms with Crippen molar-refractivity contribution in [3.63, 3.8) is 0 Å². The molecule has 9 atom stereocenters. The van der Waals surface area contributed by atoms with Gasteiger partial charge in [-0.3, -0.25) is 4.55 Å². The minimum atomic E-state index is -5.05. The normalized spacial score (nSPS) is 43.0. The number of aliphatic carboxylic acids is 1. The summed E-state index contributed by atoms with van der Waals surface area (Å²) >= 11 is 0. The molecule has 2 rings (SSSR count). The molecule has 0 aliphatic carbocycles. The van der Waals surface area contributed by atoms with Crippen molar-refractivity contribution in [2.24, 2.45) is 0 Å². The molecule has 0 saturated carbocycles. The summed E-state index contributed by atoms with van der Waals surface area (Å²) in [5, 5.41) is 57.0. The van der Waals surface area contributed by atoms with E-state index in [1.54, 1.807) is 0 Å². The SMILES string of the molecule is O=C(O)[C@@H]1O[C@@H](O[C@H]2[C@H](OS(=O)(=O)O)[C@@H](CO)O[C@H]2CO)[C@H](O)[C@@H](O)[C@@H]1O.